The second-order valence-electron chi connectivity index (χ2n) is 7.78. The van der Waals surface area contributed by atoms with E-state index in [0.29, 0.717) is 23.4 Å². The molecule has 0 aliphatic rings. The van der Waals surface area contributed by atoms with Gasteiger partial charge in [-0.05, 0) is 57.0 Å². The lowest BCUT2D eigenvalue weighted by Gasteiger charge is -2.32. The van der Waals surface area contributed by atoms with Gasteiger partial charge in [0.2, 0.25) is 21.8 Å². The number of aryl methyl sites for hydroxylation is 2. The van der Waals surface area contributed by atoms with Crippen molar-refractivity contribution in [1.82, 2.24) is 10.2 Å². The predicted octanol–water partition coefficient (Wildman–Crippen LogP) is 2.76. The quantitative estimate of drug-likeness (QED) is 0.620. The zero-order chi connectivity index (χ0) is 24.1. The number of hydrogen-bond acceptors (Lipinski definition) is 4. The molecule has 7 nitrogen and oxygen atoms in total. The van der Waals surface area contributed by atoms with Gasteiger partial charge in [0.1, 0.15) is 18.4 Å². The van der Waals surface area contributed by atoms with Crippen LogP contribution in [0, 0.1) is 19.7 Å². The van der Waals surface area contributed by atoms with Gasteiger partial charge in [-0.2, -0.15) is 0 Å². The number of carbonyl (C=O) groups excluding carboxylic acids is 2. The molecule has 0 aliphatic carbocycles. The van der Waals surface area contributed by atoms with Crippen molar-refractivity contribution in [2.75, 3.05) is 23.7 Å². The number of nitrogens with one attached hydrogen (secondary N) is 1. The van der Waals surface area contributed by atoms with E-state index in [4.69, 9.17) is 0 Å². The smallest absolute Gasteiger partial charge is 0.244 e. The van der Waals surface area contributed by atoms with Crippen molar-refractivity contribution in [3.63, 3.8) is 0 Å². The third-order valence-electron chi connectivity index (χ3n) is 5.08. The molecule has 0 saturated heterocycles. The van der Waals surface area contributed by atoms with Crippen molar-refractivity contribution in [3.05, 3.63) is 65.0 Å². The van der Waals surface area contributed by atoms with Gasteiger partial charge in [-0.15, -0.1) is 0 Å². The first-order valence-corrected chi connectivity index (χ1v) is 12.2. The van der Waals surface area contributed by atoms with E-state index in [2.05, 4.69) is 5.32 Å². The Balaban J connectivity index is 2.40. The Bertz CT molecular complexity index is 1070. The second-order valence-corrected chi connectivity index (χ2v) is 9.69. The lowest BCUT2D eigenvalue weighted by atomic mass is 10.1. The molecule has 1 unspecified atom stereocenters. The van der Waals surface area contributed by atoms with Crippen LogP contribution in [-0.2, 0) is 26.2 Å². The molecule has 0 fully saturated rings. The highest BCUT2D eigenvalue weighted by Gasteiger charge is 2.30. The maximum Gasteiger partial charge on any atom is 0.244 e. The number of carbonyl (C=O) groups is 2. The topological polar surface area (TPSA) is 86.8 Å². The molecule has 2 aromatic carbocycles. The minimum atomic E-state index is -3.78. The van der Waals surface area contributed by atoms with Crippen LogP contribution >= 0.6 is 0 Å². The third kappa shape index (κ3) is 6.53. The van der Waals surface area contributed by atoms with Gasteiger partial charge in [0.15, 0.2) is 0 Å². The van der Waals surface area contributed by atoms with Gasteiger partial charge in [-0.3, -0.25) is 13.9 Å². The fraction of sp³-hybridized carbons (Fsp3) is 0.391. The summed E-state index contributed by atoms with van der Waals surface area (Å²) in [5.74, 6) is -1.32. The summed E-state index contributed by atoms with van der Waals surface area (Å²) >= 11 is 0. The standard InChI is InChI=1S/C23H30FN3O4S/c1-6-25-23(29)18(4)26(14-19-8-10-20(24)11-9-19)22(28)15-27(32(5,30)31)21-12-7-16(2)13-17(21)3/h7-13,18H,6,14-15H2,1-5H3,(H,25,29). The fourth-order valence-corrected chi connectivity index (χ4v) is 4.28. The number of hydrogen-bond donors (Lipinski definition) is 1. The van der Waals surface area contributed by atoms with E-state index in [0.717, 1.165) is 16.1 Å². The van der Waals surface area contributed by atoms with Crippen LogP contribution in [0.2, 0.25) is 0 Å². The molecule has 0 aromatic heterocycles. The maximum atomic E-state index is 13.3. The number of likely N-dealkylation sites (N-methyl/N-ethyl adjacent to an activating group) is 1. The molecule has 2 amide bonds. The van der Waals surface area contributed by atoms with Crippen molar-refractivity contribution in [2.24, 2.45) is 0 Å². The predicted molar refractivity (Wildman–Crippen MR) is 123 cm³/mol. The number of amides is 2. The summed E-state index contributed by atoms with van der Waals surface area (Å²) < 4.78 is 39.5. The van der Waals surface area contributed by atoms with Gasteiger partial charge >= 0.3 is 0 Å². The average molecular weight is 464 g/mol. The van der Waals surface area contributed by atoms with E-state index in [1.54, 1.807) is 32.9 Å². The molecule has 32 heavy (non-hydrogen) atoms. The van der Waals surface area contributed by atoms with Crippen LogP contribution in [-0.4, -0.2) is 50.5 Å². The minimum Gasteiger partial charge on any atom is -0.355 e. The van der Waals surface area contributed by atoms with Crippen LogP contribution < -0.4 is 9.62 Å². The molecule has 1 N–H and O–H groups in total. The molecular formula is C23H30FN3O4S. The van der Waals surface area contributed by atoms with Crippen molar-refractivity contribution in [1.29, 1.82) is 0 Å². The molecular weight excluding hydrogens is 433 g/mol. The molecule has 0 bridgehead atoms. The molecule has 0 aliphatic heterocycles. The van der Waals surface area contributed by atoms with Crippen molar-refractivity contribution >= 4 is 27.5 Å². The van der Waals surface area contributed by atoms with Gasteiger partial charge in [0.25, 0.3) is 0 Å². The molecule has 174 valence electrons. The molecule has 0 radical (unpaired) electrons. The third-order valence-corrected chi connectivity index (χ3v) is 6.21. The first kappa shape index (κ1) is 25.3. The molecule has 2 aromatic rings. The summed E-state index contributed by atoms with van der Waals surface area (Å²) in [7, 11) is -3.78. The van der Waals surface area contributed by atoms with Crippen LogP contribution in [0.1, 0.15) is 30.5 Å². The lowest BCUT2D eigenvalue weighted by molar-refractivity contribution is -0.139. The SMILES string of the molecule is CCNC(=O)C(C)N(Cc1ccc(F)cc1)C(=O)CN(c1ccc(C)cc1C)S(C)(=O)=O. The number of benzene rings is 2. The molecule has 9 heteroatoms. The van der Waals surface area contributed by atoms with Crippen LogP contribution in [0.5, 0.6) is 0 Å². The number of nitrogens with zero attached hydrogens (tertiary/aromatic N) is 2. The number of rotatable bonds is 9. The summed E-state index contributed by atoms with van der Waals surface area (Å²) in [6, 6.07) is 10.0. The Morgan fingerprint density at radius 1 is 1.09 bits per heavy atom. The van der Waals surface area contributed by atoms with Crippen LogP contribution in [0.4, 0.5) is 10.1 Å². The van der Waals surface area contributed by atoms with Gasteiger partial charge in [0.05, 0.1) is 11.9 Å². The Kier molecular flexibility index (Phi) is 8.38. The minimum absolute atomic E-state index is 0.0297. The van der Waals surface area contributed by atoms with E-state index in [1.165, 1.54) is 29.2 Å². The lowest BCUT2D eigenvalue weighted by Crippen LogP contribution is -2.51. The fourth-order valence-electron chi connectivity index (χ4n) is 3.37. The van der Waals surface area contributed by atoms with Gasteiger partial charge in [0, 0.05) is 13.1 Å². The highest BCUT2D eigenvalue weighted by Crippen LogP contribution is 2.24. The van der Waals surface area contributed by atoms with Crippen molar-refractivity contribution in [3.8, 4) is 0 Å². The van der Waals surface area contributed by atoms with E-state index in [9.17, 15) is 22.4 Å². The molecule has 2 rings (SSSR count). The first-order valence-electron chi connectivity index (χ1n) is 10.3. The maximum absolute atomic E-state index is 13.3. The zero-order valence-corrected chi connectivity index (χ0v) is 19.9. The molecule has 1 atom stereocenters. The van der Waals surface area contributed by atoms with Crippen LogP contribution in [0.25, 0.3) is 0 Å². The van der Waals surface area contributed by atoms with Crippen LogP contribution in [0.15, 0.2) is 42.5 Å². The normalized spacial score (nSPS) is 12.2. The van der Waals surface area contributed by atoms with Gasteiger partial charge in [-0.1, -0.05) is 29.8 Å². The highest BCUT2D eigenvalue weighted by atomic mass is 32.2. The summed E-state index contributed by atoms with van der Waals surface area (Å²) in [6.07, 6.45) is 1.04. The van der Waals surface area contributed by atoms with Gasteiger partial charge < -0.3 is 10.2 Å². The van der Waals surface area contributed by atoms with E-state index in [-0.39, 0.29) is 12.5 Å². The summed E-state index contributed by atoms with van der Waals surface area (Å²) in [5, 5.41) is 2.68. The highest BCUT2D eigenvalue weighted by molar-refractivity contribution is 7.92. The number of halogens is 1. The summed E-state index contributed by atoms with van der Waals surface area (Å²) in [4.78, 5) is 27.1. The molecule has 0 heterocycles. The average Bonchev–Trinajstić information content (AvgIpc) is 2.71. The van der Waals surface area contributed by atoms with E-state index < -0.39 is 34.3 Å². The summed E-state index contributed by atoms with van der Waals surface area (Å²) in [6.45, 7) is 6.97. The second kappa shape index (κ2) is 10.6. The van der Waals surface area contributed by atoms with Crippen molar-refractivity contribution in [2.45, 2.75) is 40.3 Å². The Morgan fingerprint density at radius 3 is 2.25 bits per heavy atom. The van der Waals surface area contributed by atoms with Crippen LogP contribution in [0.3, 0.4) is 0 Å². The molecule has 0 saturated carbocycles. The monoisotopic (exact) mass is 463 g/mol. The van der Waals surface area contributed by atoms with Crippen molar-refractivity contribution < 1.29 is 22.4 Å². The Labute approximate surface area is 189 Å². The molecule has 0 spiro atoms. The first-order chi connectivity index (χ1) is 14.9. The Morgan fingerprint density at radius 2 is 1.72 bits per heavy atom. The summed E-state index contributed by atoms with van der Waals surface area (Å²) in [5.41, 5.74) is 2.70. The number of anilines is 1. The number of sulfonamides is 1. The van der Waals surface area contributed by atoms with Gasteiger partial charge in [-0.25, -0.2) is 12.8 Å². The largest absolute Gasteiger partial charge is 0.355 e. The van der Waals surface area contributed by atoms with E-state index in [1.807, 2.05) is 13.0 Å². The Hall–Kier alpha value is -2.94. The zero-order valence-electron chi connectivity index (χ0n) is 19.1. The van der Waals surface area contributed by atoms with E-state index >= 15 is 0 Å².